The van der Waals surface area contributed by atoms with Gasteiger partial charge in [0, 0.05) is 23.6 Å². The minimum absolute atomic E-state index is 0.0659. The van der Waals surface area contributed by atoms with Crippen LogP contribution in [-0.2, 0) is 9.59 Å². The molecule has 1 aromatic carbocycles. The number of amides is 2. The van der Waals surface area contributed by atoms with E-state index in [2.05, 4.69) is 48.5 Å². The first-order chi connectivity index (χ1) is 13.2. The van der Waals surface area contributed by atoms with E-state index < -0.39 is 11.8 Å². The van der Waals surface area contributed by atoms with Crippen molar-refractivity contribution in [3.8, 4) is 5.69 Å². The second kappa shape index (κ2) is 7.56. The van der Waals surface area contributed by atoms with E-state index in [1.165, 1.54) is 16.0 Å². The summed E-state index contributed by atoms with van der Waals surface area (Å²) in [6.45, 7) is 12.0. The molecule has 1 N–H and O–H groups in total. The molecular weight excluding hydrogens is 370 g/mol. The van der Waals surface area contributed by atoms with Crippen LogP contribution in [0.4, 0.5) is 0 Å². The Bertz CT molecular complexity index is 1030. The third-order valence-corrected chi connectivity index (χ3v) is 5.05. The van der Waals surface area contributed by atoms with Crippen LogP contribution in [0.25, 0.3) is 11.8 Å². The molecule has 2 heterocycles. The fourth-order valence-electron chi connectivity index (χ4n) is 3.56. The number of nitrogens with zero attached hydrogens (tertiary/aromatic N) is 2. The summed E-state index contributed by atoms with van der Waals surface area (Å²) >= 11 is 5.10. The van der Waals surface area contributed by atoms with Gasteiger partial charge in [0.25, 0.3) is 11.8 Å². The summed E-state index contributed by atoms with van der Waals surface area (Å²) in [7, 11) is 0. The van der Waals surface area contributed by atoms with Gasteiger partial charge >= 0.3 is 0 Å². The molecule has 2 amide bonds. The summed E-state index contributed by atoms with van der Waals surface area (Å²) in [5, 5.41) is 2.68. The van der Waals surface area contributed by atoms with Crippen LogP contribution in [0.1, 0.15) is 28.1 Å². The summed E-state index contributed by atoms with van der Waals surface area (Å²) in [6, 6.07) is 8.34. The number of rotatable bonds is 4. The standard InChI is InChI=1S/C22H23N3O2S/c1-6-7-24-21(27)19(20(26)23-22(24)28)12-17-11-15(4)25(16(17)5)18-9-13(2)8-14(3)10-18/h6,8-12H,1,7H2,2-5H3,(H,23,26,28)/b19-12+. The number of thiocarbonyl (C=S) groups is 1. The molecule has 1 aliphatic heterocycles. The highest BCUT2D eigenvalue weighted by molar-refractivity contribution is 7.80. The summed E-state index contributed by atoms with van der Waals surface area (Å²) in [5.74, 6) is -0.892. The summed E-state index contributed by atoms with van der Waals surface area (Å²) < 4.78 is 2.13. The van der Waals surface area contributed by atoms with Crippen LogP contribution >= 0.6 is 12.2 Å². The Hall–Kier alpha value is -2.99. The van der Waals surface area contributed by atoms with E-state index in [1.54, 1.807) is 12.2 Å². The lowest BCUT2D eigenvalue weighted by molar-refractivity contribution is -0.128. The van der Waals surface area contributed by atoms with Crippen molar-refractivity contribution in [2.75, 3.05) is 6.54 Å². The monoisotopic (exact) mass is 393 g/mol. The van der Waals surface area contributed by atoms with E-state index in [1.807, 2.05) is 19.9 Å². The highest BCUT2D eigenvalue weighted by atomic mass is 32.1. The first-order valence-corrected chi connectivity index (χ1v) is 9.41. The third kappa shape index (κ3) is 3.55. The van der Waals surface area contributed by atoms with Gasteiger partial charge in [-0.2, -0.15) is 0 Å². The largest absolute Gasteiger partial charge is 0.318 e. The van der Waals surface area contributed by atoms with Gasteiger partial charge in [-0.05, 0) is 80.9 Å². The fourth-order valence-corrected chi connectivity index (χ4v) is 3.81. The molecule has 144 valence electrons. The molecule has 0 radical (unpaired) electrons. The highest BCUT2D eigenvalue weighted by Gasteiger charge is 2.32. The van der Waals surface area contributed by atoms with Crippen LogP contribution < -0.4 is 5.32 Å². The van der Waals surface area contributed by atoms with Crippen LogP contribution in [0, 0.1) is 27.7 Å². The Balaban J connectivity index is 2.07. The molecule has 28 heavy (non-hydrogen) atoms. The van der Waals surface area contributed by atoms with Gasteiger partial charge in [0.05, 0.1) is 0 Å². The predicted octanol–water partition coefficient (Wildman–Crippen LogP) is 3.52. The molecule has 3 rings (SSSR count). The predicted molar refractivity (Wildman–Crippen MR) is 115 cm³/mol. The van der Waals surface area contributed by atoms with Gasteiger partial charge in [0.1, 0.15) is 5.57 Å². The van der Waals surface area contributed by atoms with E-state index in [4.69, 9.17) is 12.2 Å². The van der Waals surface area contributed by atoms with Crippen molar-refractivity contribution in [3.63, 3.8) is 0 Å². The quantitative estimate of drug-likeness (QED) is 0.374. The number of aromatic nitrogens is 1. The molecular formula is C22H23N3O2S. The van der Waals surface area contributed by atoms with Crippen LogP contribution in [0.15, 0.2) is 42.5 Å². The number of carbonyl (C=O) groups excluding carboxylic acids is 2. The molecule has 0 bridgehead atoms. The summed E-state index contributed by atoms with van der Waals surface area (Å²) in [5.41, 5.74) is 6.29. The fraction of sp³-hybridized carbons (Fsp3) is 0.227. The Kier molecular flexibility index (Phi) is 5.34. The number of hydrogen-bond acceptors (Lipinski definition) is 3. The summed E-state index contributed by atoms with van der Waals surface area (Å²) in [4.78, 5) is 26.5. The minimum Gasteiger partial charge on any atom is -0.318 e. The van der Waals surface area contributed by atoms with E-state index in [9.17, 15) is 9.59 Å². The van der Waals surface area contributed by atoms with Crippen molar-refractivity contribution >= 4 is 35.2 Å². The maximum Gasteiger partial charge on any atom is 0.265 e. The van der Waals surface area contributed by atoms with E-state index in [-0.39, 0.29) is 17.2 Å². The number of carbonyl (C=O) groups is 2. The van der Waals surface area contributed by atoms with Crippen LogP contribution in [-0.4, -0.2) is 32.9 Å². The molecule has 1 saturated heterocycles. The molecule has 1 fully saturated rings. The van der Waals surface area contributed by atoms with Gasteiger partial charge in [-0.3, -0.25) is 19.8 Å². The number of nitrogens with one attached hydrogen (secondary N) is 1. The van der Waals surface area contributed by atoms with E-state index in [0.717, 1.165) is 22.6 Å². The normalized spacial score (nSPS) is 15.9. The Morgan fingerprint density at radius 2 is 1.71 bits per heavy atom. The number of hydrogen-bond donors (Lipinski definition) is 1. The van der Waals surface area contributed by atoms with Crippen LogP contribution in [0.2, 0.25) is 0 Å². The zero-order valence-corrected chi connectivity index (χ0v) is 17.3. The SMILES string of the molecule is C=CCN1C(=O)/C(=C/c2cc(C)n(-c3cc(C)cc(C)c3)c2C)C(=O)NC1=S. The smallest absolute Gasteiger partial charge is 0.265 e. The Labute approximate surface area is 170 Å². The van der Waals surface area contributed by atoms with Crippen molar-refractivity contribution in [1.29, 1.82) is 0 Å². The van der Waals surface area contributed by atoms with Gasteiger partial charge in [0.15, 0.2) is 5.11 Å². The molecule has 0 saturated carbocycles. The molecule has 5 nitrogen and oxygen atoms in total. The zero-order chi connectivity index (χ0) is 20.6. The second-order valence-corrected chi connectivity index (χ2v) is 7.42. The molecule has 0 aliphatic carbocycles. The third-order valence-electron chi connectivity index (χ3n) is 4.73. The first-order valence-electron chi connectivity index (χ1n) is 9.00. The summed E-state index contributed by atoms with van der Waals surface area (Å²) in [6.07, 6.45) is 3.21. The van der Waals surface area contributed by atoms with Crippen molar-refractivity contribution in [2.45, 2.75) is 27.7 Å². The average molecular weight is 394 g/mol. The highest BCUT2D eigenvalue weighted by Crippen LogP contribution is 2.25. The zero-order valence-electron chi connectivity index (χ0n) is 16.5. The first kappa shape index (κ1) is 19.8. The van der Waals surface area contributed by atoms with Gasteiger partial charge in [-0.1, -0.05) is 12.1 Å². The average Bonchev–Trinajstić information content (AvgIpc) is 2.88. The second-order valence-electron chi connectivity index (χ2n) is 7.03. The molecule has 0 unspecified atom stereocenters. The van der Waals surface area contributed by atoms with Crippen molar-refractivity contribution in [3.05, 3.63) is 70.6 Å². The van der Waals surface area contributed by atoms with Crippen molar-refractivity contribution in [2.24, 2.45) is 0 Å². The lowest BCUT2D eigenvalue weighted by atomic mass is 10.1. The number of aryl methyl sites for hydroxylation is 3. The molecule has 6 heteroatoms. The van der Waals surface area contributed by atoms with Gasteiger partial charge in [-0.25, -0.2) is 0 Å². The van der Waals surface area contributed by atoms with E-state index in [0.29, 0.717) is 0 Å². The van der Waals surface area contributed by atoms with Gasteiger partial charge < -0.3 is 4.57 Å². The maximum absolute atomic E-state index is 12.8. The molecule has 0 atom stereocenters. The number of benzene rings is 1. The Morgan fingerprint density at radius 1 is 1.07 bits per heavy atom. The topological polar surface area (TPSA) is 54.3 Å². The molecule has 2 aromatic rings. The van der Waals surface area contributed by atoms with E-state index >= 15 is 0 Å². The van der Waals surface area contributed by atoms with Crippen molar-refractivity contribution in [1.82, 2.24) is 14.8 Å². The Morgan fingerprint density at radius 3 is 2.32 bits per heavy atom. The minimum atomic E-state index is -0.480. The van der Waals surface area contributed by atoms with Gasteiger partial charge in [0.2, 0.25) is 0 Å². The molecule has 0 spiro atoms. The lowest BCUT2D eigenvalue weighted by Gasteiger charge is -2.27. The lowest BCUT2D eigenvalue weighted by Crippen LogP contribution is -2.53. The van der Waals surface area contributed by atoms with Crippen molar-refractivity contribution < 1.29 is 9.59 Å². The van der Waals surface area contributed by atoms with Crippen LogP contribution in [0.5, 0.6) is 0 Å². The molecule has 1 aromatic heterocycles. The van der Waals surface area contributed by atoms with Gasteiger partial charge in [-0.15, -0.1) is 6.58 Å². The molecule has 1 aliphatic rings. The van der Waals surface area contributed by atoms with Crippen LogP contribution in [0.3, 0.4) is 0 Å². The maximum atomic E-state index is 12.8.